The van der Waals surface area contributed by atoms with Gasteiger partial charge in [0, 0.05) is 49.5 Å². The maximum Gasteiger partial charge on any atom is 0.219 e. The van der Waals surface area contributed by atoms with E-state index in [0.29, 0.717) is 5.92 Å². The molecule has 4 rings (SSSR count). The van der Waals surface area contributed by atoms with Crippen molar-refractivity contribution < 1.29 is 14.3 Å². The van der Waals surface area contributed by atoms with Gasteiger partial charge >= 0.3 is 0 Å². The summed E-state index contributed by atoms with van der Waals surface area (Å²) >= 11 is 0. The quantitative estimate of drug-likeness (QED) is 0.795. The molecule has 0 saturated carbocycles. The minimum Gasteiger partial charge on any atom is -0.493 e. The molecule has 1 aromatic rings. The molecule has 3 aliphatic rings. The fraction of sp³-hybridized carbons (Fsp3) is 0.588. The smallest absolute Gasteiger partial charge is 0.219 e. The standard InChI is InChI=1S/C17H21NO3/c1-11(19)18-6-2-12(3-7-18)16-14-5-9-20-15(14)10-13-4-8-21-17(13)16/h10,12H,2-9H2,1H3. The molecule has 3 heterocycles. The highest BCUT2D eigenvalue weighted by molar-refractivity contribution is 5.73. The number of carbonyl (C=O) groups excluding carboxylic acids is 1. The van der Waals surface area contributed by atoms with Crippen LogP contribution in [-0.2, 0) is 17.6 Å². The van der Waals surface area contributed by atoms with E-state index in [4.69, 9.17) is 9.47 Å². The first-order valence-electron chi connectivity index (χ1n) is 7.94. The Hall–Kier alpha value is -1.71. The van der Waals surface area contributed by atoms with Crippen molar-refractivity contribution in [2.75, 3.05) is 26.3 Å². The van der Waals surface area contributed by atoms with E-state index < -0.39 is 0 Å². The van der Waals surface area contributed by atoms with Gasteiger partial charge in [-0.15, -0.1) is 0 Å². The maximum absolute atomic E-state index is 11.5. The first-order chi connectivity index (χ1) is 10.2. The van der Waals surface area contributed by atoms with Gasteiger partial charge in [-0.1, -0.05) is 0 Å². The number of piperidine rings is 1. The minimum absolute atomic E-state index is 0.191. The summed E-state index contributed by atoms with van der Waals surface area (Å²) in [6.07, 6.45) is 4.05. The number of benzene rings is 1. The number of hydrogen-bond acceptors (Lipinski definition) is 3. The molecule has 0 spiro atoms. The summed E-state index contributed by atoms with van der Waals surface area (Å²) in [4.78, 5) is 13.5. The normalized spacial score (nSPS) is 20.7. The maximum atomic E-state index is 11.5. The number of likely N-dealkylation sites (tertiary alicyclic amines) is 1. The molecule has 1 saturated heterocycles. The van der Waals surface area contributed by atoms with Crippen LogP contribution in [0.3, 0.4) is 0 Å². The fourth-order valence-corrected chi connectivity index (χ4v) is 3.94. The van der Waals surface area contributed by atoms with E-state index in [2.05, 4.69) is 6.07 Å². The van der Waals surface area contributed by atoms with Crippen LogP contribution in [0.15, 0.2) is 6.07 Å². The van der Waals surface area contributed by atoms with E-state index in [-0.39, 0.29) is 5.91 Å². The fourth-order valence-electron chi connectivity index (χ4n) is 3.94. The second-order valence-corrected chi connectivity index (χ2v) is 6.23. The third kappa shape index (κ3) is 2.08. The molecule has 0 aliphatic carbocycles. The van der Waals surface area contributed by atoms with Gasteiger partial charge in [0.15, 0.2) is 0 Å². The molecule has 1 fully saturated rings. The van der Waals surface area contributed by atoms with Crippen molar-refractivity contribution in [3.8, 4) is 11.5 Å². The second kappa shape index (κ2) is 4.93. The molecule has 0 bridgehead atoms. The van der Waals surface area contributed by atoms with Crippen LogP contribution in [0.4, 0.5) is 0 Å². The van der Waals surface area contributed by atoms with Crippen LogP contribution in [0.5, 0.6) is 11.5 Å². The summed E-state index contributed by atoms with van der Waals surface area (Å²) in [7, 11) is 0. The summed E-state index contributed by atoms with van der Waals surface area (Å²) < 4.78 is 11.7. The number of ether oxygens (including phenoxy) is 2. The summed E-state index contributed by atoms with van der Waals surface area (Å²) in [5.41, 5.74) is 4.05. The van der Waals surface area contributed by atoms with Crippen LogP contribution in [0.25, 0.3) is 0 Å². The molecule has 3 aliphatic heterocycles. The third-order valence-electron chi connectivity index (χ3n) is 5.04. The van der Waals surface area contributed by atoms with E-state index in [1.165, 1.54) is 16.7 Å². The largest absolute Gasteiger partial charge is 0.493 e. The lowest BCUT2D eigenvalue weighted by Crippen LogP contribution is -2.36. The van der Waals surface area contributed by atoms with Gasteiger partial charge in [0.25, 0.3) is 0 Å². The number of fused-ring (bicyclic) bond motifs is 2. The van der Waals surface area contributed by atoms with Gasteiger partial charge in [0.1, 0.15) is 11.5 Å². The van der Waals surface area contributed by atoms with E-state index in [1.54, 1.807) is 6.92 Å². The predicted molar refractivity (Wildman–Crippen MR) is 79.1 cm³/mol. The zero-order valence-electron chi connectivity index (χ0n) is 12.5. The number of nitrogens with zero attached hydrogens (tertiary/aromatic N) is 1. The average Bonchev–Trinajstić information content (AvgIpc) is 3.12. The molecule has 4 nitrogen and oxygen atoms in total. The Morgan fingerprint density at radius 2 is 1.95 bits per heavy atom. The van der Waals surface area contributed by atoms with E-state index in [0.717, 1.165) is 63.5 Å². The molecule has 4 heteroatoms. The number of carbonyl (C=O) groups is 1. The number of hydrogen-bond donors (Lipinski definition) is 0. The summed E-state index contributed by atoms with van der Waals surface area (Å²) in [5.74, 6) is 2.89. The lowest BCUT2D eigenvalue weighted by Gasteiger charge is -2.33. The Labute approximate surface area is 125 Å². The Bertz CT molecular complexity index is 556. The van der Waals surface area contributed by atoms with Crippen LogP contribution in [0.2, 0.25) is 0 Å². The predicted octanol–water partition coefficient (Wildman–Crippen LogP) is 2.28. The van der Waals surface area contributed by atoms with Crippen molar-refractivity contribution in [1.29, 1.82) is 0 Å². The summed E-state index contributed by atoms with van der Waals surface area (Å²) in [5, 5.41) is 0. The summed E-state index contributed by atoms with van der Waals surface area (Å²) in [6.45, 7) is 4.96. The SMILES string of the molecule is CC(=O)N1CCC(c2c3c(cc4c2OCC4)OCC3)CC1. The van der Waals surface area contributed by atoms with Crippen molar-refractivity contribution >= 4 is 5.91 Å². The second-order valence-electron chi connectivity index (χ2n) is 6.23. The van der Waals surface area contributed by atoms with Crippen molar-refractivity contribution in [2.45, 2.75) is 38.5 Å². The van der Waals surface area contributed by atoms with Gasteiger partial charge in [-0.25, -0.2) is 0 Å². The molecule has 0 N–H and O–H groups in total. The van der Waals surface area contributed by atoms with E-state index in [9.17, 15) is 4.79 Å². The average molecular weight is 287 g/mol. The Kier molecular flexibility index (Phi) is 3.05. The highest BCUT2D eigenvalue weighted by atomic mass is 16.5. The molecule has 1 amide bonds. The van der Waals surface area contributed by atoms with Gasteiger partial charge in [-0.2, -0.15) is 0 Å². The zero-order chi connectivity index (χ0) is 14.4. The molecule has 1 aromatic carbocycles. The van der Waals surface area contributed by atoms with Crippen molar-refractivity contribution in [1.82, 2.24) is 4.90 Å². The Morgan fingerprint density at radius 3 is 2.71 bits per heavy atom. The van der Waals surface area contributed by atoms with Crippen molar-refractivity contribution in [3.63, 3.8) is 0 Å². The highest BCUT2D eigenvalue weighted by Gasteiger charge is 2.32. The Morgan fingerprint density at radius 1 is 1.19 bits per heavy atom. The number of amides is 1. The van der Waals surface area contributed by atoms with Gasteiger partial charge in [0.2, 0.25) is 5.91 Å². The van der Waals surface area contributed by atoms with Gasteiger partial charge < -0.3 is 14.4 Å². The third-order valence-corrected chi connectivity index (χ3v) is 5.04. The molecule has 112 valence electrons. The highest BCUT2D eigenvalue weighted by Crippen LogP contribution is 2.46. The molecule has 0 aromatic heterocycles. The first kappa shape index (κ1) is 13.0. The monoisotopic (exact) mass is 287 g/mol. The van der Waals surface area contributed by atoms with Gasteiger partial charge in [-0.05, 0) is 24.8 Å². The lowest BCUT2D eigenvalue weighted by molar-refractivity contribution is -0.129. The van der Waals surface area contributed by atoms with Crippen molar-refractivity contribution in [3.05, 3.63) is 22.8 Å². The molecule has 0 radical (unpaired) electrons. The van der Waals surface area contributed by atoms with Gasteiger partial charge in [-0.3, -0.25) is 4.79 Å². The van der Waals surface area contributed by atoms with Crippen LogP contribution < -0.4 is 9.47 Å². The molecule has 0 atom stereocenters. The number of rotatable bonds is 1. The lowest BCUT2D eigenvalue weighted by atomic mass is 9.84. The van der Waals surface area contributed by atoms with Crippen molar-refractivity contribution in [2.24, 2.45) is 0 Å². The molecule has 21 heavy (non-hydrogen) atoms. The van der Waals surface area contributed by atoms with E-state index in [1.807, 2.05) is 4.90 Å². The zero-order valence-corrected chi connectivity index (χ0v) is 12.5. The van der Waals surface area contributed by atoms with Crippen LogP contribution in [-0.4, -0.2) is 37.1 Å². The van der Waals surface area contributed by atoms with Crippen LogP contribution >= 0.6 is 0 Å². The first-order valence-corrected chi connectivity index (χ1v) is 7.94. The van der Waals surface area contributed by atoms with Crippen LogP contribution in [0, 0.1) is 0 Å². The minimum atomic E-state index is 0.191. The van der Waals surface area contributed by atoms with Gasteiger partial charge in [0.05, 0.1) is 13.2 Å². The summed E-state index contributed by atoms with van der Waals surface area (Å²) in [6, 6.07) is 2.18. The molecular formula is C17H21NO3. The molecule has 0 unspecified atom stereocenters. The molecular weight excluding hydrogens is 266 g/mol. The van der Waals surface area contributed by atoms with Crippen LogP contribution in [0.1, 0.15) is 42.4 Å². The Balaban J connectivity index is 1.68. The topological polar surface area (TPSA) is 38.8 Å². The van der Waals surface area contributed by atoms with E-state index >= 15 is 0 Å².